The quantitative estimate of drug-likeness (QED) is 0.617. The second-order valence-electron chi connectivity index (χ2n) is 6.50. The molecule has 1 heterocycles. The van der Waals surface area contributed by atoms with Crippen molar-refractivity contribution in [3.05, 3.63) is 95.4 Å². The van der Waals surface area contributed by atoms with Crippen molar-refractivity contribution in [2.75, 3.05) is 0 Å². The van der Waals surface area contributed by atoms with E-state index in [2.05, 4.69) is 38.1 Å². The molecule has 3 heteroatoms. The lowest BCUT2D eigenvalue weighted by Crippen LogP contribution is -2.30. The standard InChI is InChI=1S/C22H23NO2/c1-17(2)19-12-10-18(11-13-19)15-23(16-21-9-6-14-25-21)22(24)20-7-4-3-5-8-20/h3-14,17H,15-16H2,1-2H3. The van der Waals surface area contributed by atoms with Gasteiger partial charge in [0.2, 0.25) is 0 Å². The van der Waals surface area contributed by atoms with Crippen LogP contribution < -0.4 is 0 Å². The maximum absolute atomic E-state index is 12.9. The van der Waals surface area contributed by atoms with Gasteiger partial charge >= 0.3 is 0 Å². The van der Waals surface area contributed by atoms with Crippen molar-refractivity contribution in [1.29, 1.82) is 0 Å². The van der Waals surface area contributed by atoms with Gasteiger partial charge in [-0.15, -0.1) is 0 Å². The van der Waals surface area contributed by atoms with Gasteiger partial charge in [0.1, 0.15) is 5.76 Å². The molecule has 3 aromatic rings. The largest absolute Gasteiger partial charge is 0.467 e. The highest BCUT2D eigenvalue weighted by Crippen LogP contribution is 2.18. The number of carbonyl (C=O) groups is 1. The van der Waals surface area contributed by atoms with E-state index in [1.807, 2.05) is 47.4 Å². The summed E-state index contributed by atoms with van der Waals surface area (Å²) >= 11 is 0. The number of furan rings is 1. The molecule has 0 saturated carbocycles. The van der Waals surface area contributed by atoms with E-state index < -0.39 is 0 Å². The minimum atomic E-state index is 0.00457. The van der Waals surface area contributed by atoms with E-state index in [1.165, 1.54) is 5.56 Å². The first-order valence-corrected chi connectivity index (χ1v) is 8.59. The van der Waals surface area contributed by atoms with Crippen LogP contribution in [0.25, 0.3) is 0 Å². The molecule has 0 saturated heterocycles. The lowest BCUT2D eigenvalue weighted by atomic mass is 10.0. The van der Waals surface area contributed by atoms with Crippen LogP contribution in [0, 0.1) is 0 Å². The SMILES string of the molecule is CC(C)c1ccc(CN(Cc2ccco2)C(=O)c2ccccc2)cc1. The Balaban J connectivity index is 1.82. The molecule has 0 aliphatic heterocycles. The highest BCUT2D eigenvalue weighted by molar-refractivity contribution is 5.94. The van der Waals surface area contributed by atoms with Crippen LogP contribution in [0.15, 0.2) is 77.4 Å². The number of nitrogens with zero attached hydrogens (tertiary/aromatic N) is 1. The molecule has 25 heavy (non-hydrogen) atoms. The van der Waals surface area contributed by atoms with Crippen molar-refractivity contribution in [1.82, 2.24) is 4.90 Å². The molecule has 1 amide bonds. The topological polar surface area (TPSA) is 33.5 Å². The number of amides is 1. The van der Waals surface area contributed by atoms with Gasteiger partial charge < -0.3 is 9.32 Å². The molecule has 0 aliphatic carbocycles. The third-order valence-electron chi connectivity index (χ3n) is 4.25. The smallest absolute Gasteiger partial charge is 0.254 e. The van der Waals surface area contributed by atoms with Crippen molar-refractivity contribution in [2.45, 2.75) is 32.9 Å². The van der Waals surface area contributed by atoms with Gasteiger partial charge in [-0.2, -0.15) is 0 Å². The Kier molecular flexibility index (Phi) is 5.34. The van der Waals surface area contributed by atoms with Crippen LogP contribution in [0.3, 0.4) is 0 Å². The van der Waals surface area contributed by atoms with Crippen LogP contribution in [0.5, 0.6) is 0 Å². The number of rotatable bonds is 6. The van der Waals surface area contributed by atoms with Crippen molar-refractivity contribution >= 4 is 5.91 Å². The zero-order valence-electron chi connectivity index (χ0n) is 14.7. The van der Waals surface area contributed by atoms with Gasteiger partial charge in [-0.1, -0.05) is 56.3 Å². The van der Waals surface area contributed by atoms with E-state index in [0.717, 1.165) is 11.3 Å². The second kappa shape index (κ2) is 7.84. The molecule has 128 valence electrons. The molecule has 0 fully saturated rings. The predicted molar refractivity (Wildman–Crippen MR) is 99.3 cm³/mol. The van der Waals surface area contributed by atoms with Crippen molar-refractivity contribution < 1.29 is 9.21 Å². The van der Waals surface area contributed by atoms with Crippen LogP contribution >= 0.6 is 0 Å². The monoisotopic (exact) mass is 333 g/mol. The van der Waals surface area contributed by atoms with Crippen molar-refractivity contribution in [3.8, 4) is 0 Å². The van der Waals surface area contributed by atoms with Crippen LogP contribution in [0.1, 0.15) is 47.0 Å². The van der Waals surface area contributed by atoms with E-state index in [4.69, 9.17) is 4.42 Å². The summed E-state index contributed by atoms with van der Waals surface area (Å²) in [5.41, 5.74) is 3.10. The zero-order chi connectivity index (χ0) is 17.6. The third kappa shape index (κ3) is 4.38. The predicted octanol–water partition coefficient (Wildman–Crippen LogP) is 5.25. The Labute approximate surface area is 148 Å². The Morgan fingerprint density at radius 2 is 1.64 bits per heavy atom. The molecule has 0 N–H and O–H groups in total. The normalized spacial score (nSPS) is 10.8. The van der Waals surface area contributed by atoms with Gasteiger partial charge in [-0.25, -0.2) is 0 Å². The lowest BCUT2D eigenvalue weighted by Gasteiger charge is -2.22. The maximum atomic E-state index is 12.9. The minimum Gasteiger partial charge on any atom is -0.467 e. The molecule has 2 aromatic carbocycles. The first-order valence-electron chi connectivity index (χ1n) is 8.59. The van der Waals surface area contributed by atoms with E-state index >= 15 is 0 Å². The minimum absolute atomic E-state index is 0.00457. The highest BCUT2D eigenvalue weighted by Gasteiger charge is 2.17. The van der Waals surface area contributed by atoms with Crippen molar-refractivity contribution in [3.63, 3.8) is 0 Å². The maximum Gasteiger partial charge on any atom is 0.254 e. The molecular weight excluding hydrogens is 310 g/mol. The van der Waals surface area contributed by atoms with E-state index in [1.54, 1.807) is 6.26 Å². The fourth-order valence-electron chi connectivity index (χ4n) is 2.78. The molecule has 0 aliphatic rings. The summed E-state index contributed by atoms with van der Waals surface area (Å²) in [5.74, 6) is 1.28. The summed E-state index contributed by atoms with van der Waals surface area (Å²) in [4.78, 5) is 14.8. The average molecular weight is 333 g/mol. The summed E-state index contributed by atoms with van der Waals surface area (Å²) in [5, 5.41) is 0. The fourth-order valence-corrected chi connectivity index (χ4v) is 2.78. The Hall–Kier alpha value is -2.81. The molecule has 0 atom stereocenters. The highest BCUT2D eigenvalue weighted by atomic mass is 16.3. The molecule has 0 radical (unpaired) electrons. The summed E-state index contributed by atoms with van der Waals surface area (Å²) < 4.78 is 5.44. The first-order chi connectivity index (χ1) is 12.1. The summed E-state index contributed by atoms with van der Waals surface area (Å²) in [6.45, 7) is 5.35. The Morgan fingerprint density at radius 1 is 0.920 bits per heavy atom. The van der Waals surface area contributed by atoms with Gasteiger partial charge in [0.05, 0.1) is 12.8 Å². The zero-order valence-corrected chi connectivity index (χ0v) is 14.7. The molecule has 0 bridgehead atoms. The molecular formula is C22H23NO2. The van der Waals surface area contributed by atoms with Crippen LogP contribution in [-0.2, 0) is 13.1 Å². The summed E-state index contributed by atoms with van der Waals surface area (Å²) in [7, 11) is 0. The number of benzene rings is 2. The summed E-state index contributed by atoms with van der Waals surface area (Å²) in [6, 6.07) is 21.6. The van der Waals surface area contributed by atoms with Crippen molar-refractivity contribution in [2.24, 2.45) is 0 Å². The molecule has 3 rings (SSSR count). The number of hydrogen-bond donors (Lipinski definition) is 0. The van der Waals surface area contributed by atoms with Crippen LogP contribution in [0.2, 0.25) is 0 Å². The molecule has 1 aromatic heterocycles. The van der Waals surface area contributed by atoms with E-state index in [9.17, 15) is 4.79 Å². The second-order valence-corrected chi connectivity index (χ2v) is 6.50. The van der Waals surface area contributed by atoms with Crippen LogP contribution in [-0.4, -0.2) is 10.8 Å². The number of hydrogen-bond acceptors (Lipinski definition) is 2. The Bertz CT molecular complexity index is 790. The van der Waals surface area contributed by atoms with Gasteiger partial charge in [0.15, 0.2) is 0 Å². The summed E-state index contributed by atoms with van der Waals surface area (Å²) in [6.07, 6.45) is 1.64. The third-order valence-corrected chi connectivity index (χ3v) is 4.25. The van der Waals surface area contributed by atoms with E-state index in [0.29, 0.717) is 24.6 Å². The Morgan fingerprint density at radius 3 is 2.24 bits per heavy atom. The number of carbonyl (C=O) groups excluding carboxylic acids is 1. The van der Waals surface area contributed by atoms with Gasteiger partial charge in [0, 0.05) is 12.1 Å². The van der Waals surface area contributed by atoms with Gasteiger partial charge in [-0.05, 0) is 41.3 Å². The van der Waals surface area contributed by atoms with E-state index in [-0.39, 0.29) is 5.91 Å². The van der Waals surface area contributed by atoms with Gasteiger partial charge in [0.25, 0.3) is 5.91 Å². The average Bonchev–Trinajstić information content (AvgIpc) is 3.15. The van der Waals surface area contributed by atoms with Gasteiger partial charge in [-0.3, -0.25) is 4.79 Å². The molecule has 3 nitrogen and oxygen atoms in total. The lowest BCUT2D eigenvalue weighted by molar-refractivity contribution is 0.0717. The molecule has 0 spiro atoms. The fraction of sp³-hybridized carbons (Fsp3) is 0.227. The molecule has 0 unspecified atom stereocenters. The first kappa shape index (κ1) is 17.0. The van der Waals surface area contributed by atoms with Crippen LogP contribution in [0.4, 0.5) is 0 Å².